The van der Waals surface area contributed by atoms with E-state index in [2.05, 4.69) is 15.5 Å². The molecule has 2 amide bonds. The van der Waals surface area contributed by atoms with Crippen LogP contribution in [0.2, 0.25) is 0 Å². The second-order valence-electron chi connectivity index (χ2n) is 8.82. The van der Waals surface area contributed by atoms with Crippen molar-refractivity contribution in [2.75, 3.05) is 25.5 Å². The SMILES string of the molecule is COc1ccc(COCc2cccc(NC(=O)NC3CCN(Cc4ccc(F)cc4)CC3)c2)cc1. The van der Waals surface area contributed by atoms with Crippen molar-refractivity contribution in [1.29, 1.82) is 0 Å². The summed E-state index contributed by atoms with van der Waals surface area (Å²) in [5.41, 5.74) is 3.90. The van der Waals surface area contributed by atoms with Gasteiger partial charge in [0, 0.05) is 31.4 Å². The van der Waals surface area contributed by atoms with Gasteiger partial charge in [0.1, 0.15) is 11.6 Å². The Morgan fingerprint density at radius 2 is 1.63 bits per heavy atom. The maximum Gasteiger partial charge on any atom is 0.319 e. The van der Waals surface area contributed by atoms with Crippen molar-refractivity contribution < 1.29 is 18.7 Å². The number of urea groups is 1. The van der Waals surface area contributed by atoms with Gasteiger partial charge in [-0.2, -0.15) is 0 Å². The van der Waals surface area contributed by atoms with E-state index in [1.54, 1.807) is 7.11 Å². The van der Waals surface area contributed by atoms with E-state index in [0.717, 1.165) is 60.6 Å². The molecule has 7 heteroatoms. The van der Waals surface area contributed by atoms with E-state index in [4.69, 9.17) is 9.47 Å². The van der Waals surface area contributed by atoms with E-state index in [1.807, 2.05) is 60.7 Å². The second-order valence-corrected chi connectivity index (χ2v) is 8.82. The van der Waals surface area contributed by atoms with E-state index in [0.29, 0.717) is 13.2 Å². The Morgan fingerprint density at radius 1 is 0.943 bits per heavy atom. The molecule has 0 bridgehead atoms. The van der Waals surface area contributed by atoms with Crippen molar-refractivity contribution in [3.05, 3.63) is 95.3 Å². The fourth-order valence-corrected chi connectivity index (χ4v) is 4.18. The number of carbonyl (C=O) groups is 1. The average molecular weight is 478 g/mol. The number of amides is 2. The van der Waals surface area contributed by atoms with Crippen LogP contribution in [0.15, 0.2) is 72.8 Å². The van der Waals surface area contributed by atoms with Crippen LogP contribution in [0.1, 0.15) is 29.5 Å². The highest BCUT2D eigenvalue weighted by atomic mass is 19.1. The first-order chi connectivity index (χ1) is 17.1. The predicted octanol–water partition coefficient (Wildman–Crippen LogP) is 5.34. The summed E-state index contributed by atoms with van der Waals surface area (Å²) >= 11 is 0. The third kappa shape index (κ3) is 7.80. The van der Waals surface area contributed by atoms with Gasteiger partial charge in [-0.25, -0.2) is 9.18 Å². The van der Waals surface area contributed by atoms with Gasteiger partial charge in [0.05, 0.1) is 20.3 Å². The lowest BCUT2D eigenvalue weighted by Crippen LogP contribution is -2.45. The number of nitrogens with zero attached hydrogens (tertiary/aromatic N) is 1. The molecular formula is C28H32FN3O3. The Hall–Kier alpha value is -3.42. The Labute approximate surface area is 206 Å². The van der Waals surface area contributed by atoms with Crippen molar-refractivity contribution in [1.82, 2.24) is 10.2 Å². The molecule has 0 radical (unpaired) electrons. The Morgan fingerprint density at radius 3 is 2.34 bits per heavy atom. The van der Waals surface area contributed by atoms with E-state index < -0.39 is 0 Å². The zero-order valence-electron chi connectivity index (χ0n) is 20.0. The molecule has 4 rings (SSSR count). The molecule has 3 aromatic carbocycles. The van der Waals surface area contributed by atoms with Crippen molar-refractivity contribution in [3.63, 3.8) is 0 Å². The number of nitrogens with one attached hydrogen (secondary N) is 2. The fraction of sp³-hybridized carbons (Fsp3) is 0.321. The molecule has 3 aromatic rings. The number of hydrogen-bond donors (Lipinski definition) is 2. The summed E-state index contributed by atoms with van der Waals surface area (Å²) in [6.07, 6.45) is 1.77. The predicted molar refractivity (Wildman–Crippen MR) is 135 cm³/mol. The fourth-order valence-electron chi connectivity index (χ4n) is 4.18. The first kappa shape index (κ1) is 24.7. The summed E-state index contributed by atoms with van der Waals surface area (Å²) < 4.78 is 24.1. The van der Waals surface area contributed by atoms with Crippen LogP contribution < -0.4 is 15.4 Å². The van der Waals surface area contributed by atoms with Gasteiger partial charge in [-0.3, -0.25) is 4.90 Å². The third-order valence-electron chi connectivity index (χ3n) is 6.12. The molecule has 0 spiro atoms. The number of benzene rings is 3. The first-order valence-electron chi connectivity index (χ1n) is 11.9. The van der Waals surface area contributed by atoms with E-state index in [1.165, 1.54) is 12.1 Å². The zero-order valence-corrected chi connectivity index (χ0v) is 20.0. The van der Waals surface area contributed by atoms with Crippen molar-refractivity contribution in [2.24, 2.45) is 0 Å². The van der Waals surface area contributed by atoms with Crippen LogP contribution in [0.4, 0.5) is 14.9 Å². The molecule has 1 heterocycles. The van der Waals surface area contributed by atoms with Gasteiger partial charge in [0.2, 0.25) is 0 Å². The van der Waals surface area contributed by atoms with Gasteiger partial charge >= 0.3 is 6.03 Å². The van der Waals surface area contributed by atoms with Crippen LogP contribution in [0, 0.1) is 5.82 Å². The normalized spacial score (nSPS) is 14.5. The Kier molecular flexibility index (Phi) is 8.70. The first-order valence-corrected chi connectivity index (χ1v) is 11.9. The molecule has 0 aromatic heterocycles. The molecule has 2 N–H and O–H groups in total. The van der Waals surface area contributed by atoms with E-state index in [-0.39, 0.29) is 17.9 Å². The monoisotopic (exact) mass is 477 g/mol. The number of methoxy groups -OCH3 is 1. The lowest BCUT2D eigenvalue weighted by molar-refractivity contribution is 0.107. The summed E-state index contributed by atoms with van der Waals surface area (Å²) in [4.78, 5) is 14.9. The molecule has 1 aliphatic heterocycles. The number of likely N-dealkylation sites (tertiary alicyclic amines) is 1. The lowest BCUT2D eigenvalue weighted by atomic mass is 10.0. The maximum absolute atomic E-state index is 13.1. The van der Waals surface area contributed by atoms with Crippen molar-refractivity contribution in [3.8, 4) is 5.75 Å². The summed E-state index contributed by atoms with van der Waals surface area (Å²) in [5.74, 6) is 0.607. The molecule has 1 aliphatic rings. The molecule has 1 saturated heterocycles. The Bertz CT molecular complexity index is 1080. The molecule has 1 fully saturated rings. The van der Waals surface area contributed by atoms with E-state index >= 15 is 0 Å². The largest absolute Gasteiger partial charge is 0.497 e. The minimum atomic E-state index is -0.214. The number of rotatable bonds is 9. The van der Waals surface area contributed by atoms with Crippen LogP contribution in [0.5, 0.6) is 5.75 Å². The van der Waals surface area contributed by atoms with Crippen LogP contribution in [-0.4, -0.2) is 37.2 Å². The number of ether oxygens (including phenoxy) is 2. The van der Waals surface area contributed by atoms with Crippen LogP contribution >= 0.6 is 0 Å². The van der Waals surface area contributed by atoms with Gasteiger partial charge in [-0.1, -0.05) is 36.4 Å². The third-order valence-corrected chi connectivity index (χ3v) is 6.12. The molecule has 0 saturated carbocycles. The highest BCUT2D eigenvalue weighted by Gasteiger charge is 2.20. The summed E-state index contributed by atoms with van der Waals surface area (Å²) in [5, 5.41) is 6.02. The molecule has 35 heavy (non-hydrogen) atoms. The van der Waals surface area contributed by atoms with Crippen molar-refractivity contribution >= 4 is 11.7 Å². The lowest BCUT2D eigenvalue weighted by Gasteiger charge is -2.32. The molecule has 0 unspecified atom stereocenters. The molecule has 6 nitrogen and oxygen atoms in total. The number of piperidine rings is 1. The summed E-state index contributed by atoms with van der Waals surface area (Å²) in [7, 11) is 1.65. The quantitative estimate of drug-likeness (QED) is 0.437. The van der Waals surface area contributed by atoms with Gasteiger partial charge in [0.15, 0.2) is 0 Å². The number of halogens is 1. The maximum atomic E-state index is 13.1. The highest BCUT2D eigenvalue weighted by Crippen LogP contribution is 2.17. The molecule has 184 valence electrons. The standard InChI is InChI=1S/C28H32FN3O3/c1-34-27-11-7-22(8-12-27)19-35-20-23-3-2-4-26(17-23)31-28(33)30-25-13-15-32(16-14-25)18-21-5-9-24(29)10-6-21/h2-12,17,25H,13-16,18-20H2,1H3,(H2,30,31,33). The number of hydrogen-bond acceptors (Lipinski definition) is 4. The van der Waals surface area contributed by atoms with Crippen LogP contribution in [-0.2, 0) is 24.5 Å². The number of carbonyl (C=O) groups excluding carboxylic acids is 1. The minimum absolute atomic E-state index is 0.135. The van der Waals surface area contributed by atoms with Crippen LogP contribution in [0.3, 0.4) is 0 Å². The van der Waals surface area contributed by atoms with Crippen molar-refractivity contribution in [2.45, 2.75) is 38.6 Å². The van der Waals surface area contributed by atoms with Gasteiger partial charge in [-0.15, -0.1) is 0 Å². The summed E-state index contributed by atoms with van der Waals surface area (Å²) in [6, 6.07) is 22.1. The van der Waals surface area contributed by atoms with Gasteiger partial charge in [-0.05, 0) is 65.9 Å². The minimum Gasteiger partial charge on any atom is -0.497 e. The molecular weight excluding hydrogens is 445 g/mol. The van der Waals surface area contributed by atoms with Crippen LogP contribution in [0.25, 0.3) is 0 Å². The second kappa shape index (κ2) is 12.3. The van der Waals surface area contributed by atoms with E-state index in [9.17, 15) is 9.18 Å². The molecule has 0 aliphatic carbocycles. The van der Waals surface area contributed by atoms with Gasteiger partial charge < -0.3 is 20.1 Å². The zero-order chi connectivity index (χ0) is 24.5. The topological polar surface area (TPSA) is 62.8 Å². The average Bonchev–Trinajstić information content (AvgIpc) is 2.87. The molecule has 0 atom stereocenters. The number of anilines is 1. The highest BCUT2D eigenvalue weighted by molar-refractivity contribution is 5.89. The Balaban J connectivity index is 1.18. The van der Waals surface area contributed by atoms with Gasteiger partial charge in [0.25, 0.3) is 0 Å². The smallest absolute Gasteiger partial charge is 0.319 e. The summed E-state index contributed by atoms with van der Waals surface area (Å²) in [6.45, 7) is 3.54.